The molecule has 3 aromatic rings. The molecule has 0 radical (unpaired) electrons. The Morgan fingerprint density at radius 3 is 2.78 bits per heavy atom. The molecule has 32 heavy (non-hydrogen) atoms. The lowest BCUT2D eigenvalue weighted by Crippen LogP contribution is -2.17. The molecule has 164 valence electrons. The summed E-state index contributed by atoms with van der Waals surface area (Å²) in [5.74, 6) is 0.211. The molecule has 0 atom stereocenters. The smallest absolute Gasteiger partial charge is 0.268 e. The number of nitrogens with zero attached hydrogens (tertiary/aromatic N) is 5. The minimum absolute atomic E-state index is 0.0125. The van der Waals surface area contributed by atoms with Crippen molar-refractivity contribution in [3.8, 4) is 11.8 Å². The molecule has 1 aliphatic heterocycles. The van der Waals surface area contributed by atoms with Crippen LogP contribution in [-0.4, -0.2) is 40.4 Å². The Labute approximate surface area is 194 Å². The highest BCUT2D eigenvalue weighted by molar-refractivity contribution is 7.19. The van der Waals surface area contributed by atoms with E-state index in [4.69, 9.17) is 16.3 Å². The number of amides is 1. The van der Waals surface area contributed by atoms with E-state index in [9.17, 15) is 10.1 Å². The van der Waals surface area contributed by atoms with Gasteiger partial charge in [0.25, 0.3) is 5.91 Å². The van der Waals surface area contributed by atoms with Gasteiger partial charge in [0, 0.05) is 30.0 Å². The monoisotopic (exact) mass is 468 g/mol. The average molecular weight is 469 g/mol. The molecule has 4 rings (SSSR count). The van der Waals surface area contributed by atoms with Crippen LogP contribution in [-0.2, 0) is 11.3 Å². The van der Waals surface area contributed by atoms with Gasteiger partial charge in [-0.1, -0.05) is 22.9 Å². The SMILES string of the molecule is N#C/C(=C/c1cccn1CCOc1ccc(Cl)cc1)C(=O)Nc1nnc(N2CCCC2)s1. The number of hydrogen-bond acceptors (Lipinski definition) is 7. The number of anilines is 2. The number of rotatable bonds is 8. The van der Waals surface area contributed by atoms with Crippen LogP contribution in [0.15, 0.2) is 48.2 Å². The third-order valence-corrected chi connectivity index (χ3v) is 6.10. The van der Waals surface area contributed by atoms with Crippen molar-refractivity contribution < 1.29 is 9.53 Å². The third-order valence-electron chi connectivity index (χ3n) is 4.95. The maximum absolute atomic E-state index is 12.6. The summed E-state index contributed by atoms with van der Waals surface area (Å²) in [6.07, 6.45) is 5.69. The first-order valence-corrected chi connectivity index (χ1v) is 11.4. The van der Waals surface area contributed by atoms with Crippen LogP contribution in [0.4, 0.5) is 10.3 Å². The van der Waals surface area contributed by atoms with Gasteiger partial charge >= 0.3 is 0 Å². The highest BCUT2D eigenvalue weighted by atomic mass is 35.5. The van der Waals surface area contributed by atoms with Crippen LogP contribution in [0.25, 0.3) is 6.08 Å². The average Bonchev–Trinajstić information content (AvgIpc) is 3.55. The second kappa shape index (κ2) is 10.3. The van der Waals surface area contributed by atoms with Crippen molar-refractivity contribution in [2.75, 3.05) is 29.9 Å². The van der Waals surface area contributed by atoms with E-state index in [0.717, 1.165) is 42.5 Å². The summed E-state index contributed by atoms with van der Waals surface area (Å²) in [6, 6.07) is 12.8. The number of aromatic nitrogens is 3. The van der Waals surface area contributed by atoms with E-state index in [0.29, 0.717) is 23.3 Å². The number of halogens is 1. The Kier molecular flexibility index (Phi) is 7.04. The molecule has 0 bridgehead atoms. The maximum atomic E-state index is 12.6. The highest BCUT2D eigenvalue weighted by Crippen LogP contribution is 2.27. The molecule has 0 spiro atoms. The first-order chi connectivity index (χ1) is 15.6. The zero-order valence-corrected chi connectivity index (χ0v) is 18.8. The van der Waals surface area contributed by atoms with Crippen LogP contribution >= 0.6 is 22.9 Å². The zero-order chi connectivity index (χ0) is 22.3. The molecule has 0 saturated carbocycles. The predicted molar refractivity (Wildman–Crippen MR) is 125 cm³/mol. The predicted octanol–water partition coefficient (Wildman–Crippen LogP) is 4.22. The molecule has 2 aromatic heterocycles. The molecule has 0 aliphatic carbocycles. The van der Waals surface area contributed by atoms with E-state index in [1.165, 1.54) is 11.3 Å². The van der Waals surface area contributed by atoms with Gasteiger partial charge in [-0.25, -0.2) is 0 Å². The fourth-order valence-electron chi connectivity index (χ4n) is 3.32. The number of nitrogens with one attached hydrogen (secondary N) is 1. The number of ether oxygens (including phenoxy) is 1. The van der Waals surface area contributed by atoms with Crippen LogP contribution in [0.2, 0.25) is 5.02 Å². The second-order valence-corrected chi connectivity index (χ2v) is 8.53. The minimum Gasteiger partial charge on any atom is -0.492 e. The van der Waals surface area contributed by atoms with Crippen molar-refractivity contribution >= 4 is 45.2 Å². The van der Waals surface area contributed by atoms with Crippen LogP contribution in [0.1, 0.15) is 18.5 Å². The van der Waals surface area contributed by atoms with Gasteiger partial charge in [-0.15, -0.1) is 10.2 Å². The summed E-state index contributed by atoms with van der Waals surface area (Å²) in [5, 5.41) is 22.2. The highest BCUT2D eigenvalue weighted by Gasteiger charge is 2.18. The van der Waals surface area contributed by atoms with Crippen molar-refractivity contribution in [3.63, 3.8) is 0 Å². The molecular formula is C22H21ClN6O2S. The quantitative estimate of drug-likeness (QED) is 0.393. The van der Waals surface area contributed by atoms with E-state index < -0.39 is 5.91 Å². The molecule has 1 N–H and O–H groups in total. The van der Waals surface area contributed by atoms with E-state index in [-0.39, 0.29) is 5.57 Å². The first-order valence-electron chi connectivity index (χ1n) is 10.2. The van der Waals surface area contributed by atoms with E-state index in [1.54, 1.807) is 30.3 Å². The number of carbonyl (C=O) groups excluding carboxylic acids is 1. The summed E-state index contributed by atoms with van der Waals surface area (Å²) in [4.78, 5) is 14.8. The van der Waals surface area contributed by atoms with Crippen LogP contribution in [0, 0.1) is 11.3 Å². The summed E-state index contributed by atoms with van der Waals surface area (Å²) in [5.41, 5.74) is 0.716. The molecule has 0 unspecified atom stereocenters. The van der Waals surface area contributed by atoms with Gasteiger partial charge in [-0.2, -0.15) is 5.26 Å². The lowest BCUT2D eigenvalue weighted by atomic mass is 10.2. The molecule has 10 heteroatoms. The first kappa shape index (κ1) is 21.9. The summed E-state index contributed by atoms with van der Waals surface area (Å²) in [6.45, 7) is 2.88. The second-order valence-electron chi connectivity index (χ2n) is 7.14. The molecule has 1 aromatic carbocycles. The van der Waals surface area contributed by atoms with Crippen molar-refractivity contribution in [1.82, 2.24) is 14.8 Å². The van der Waals surface area contributed by atoms with E-state index >= 15 is 0 Å². The fourth-order valence-corrected chi connectivity index (χ4v) is 4.24. The molecular weight excluding hydrogens is 448 g/mol. The minimum atomic E-state index is -0.512. The third kappa shape index (κ3) is 5.46. The summed E-state index contributed by atoms with van der Waals surface area (Å²) >= 11 is 7.20. The van der Waals surface area contributed by atoms with Crippen molar-refractivity contribution in [2.24, 2.45) is 0 Å². The Hall–Kier alpha value is -3.35. The summed E-state index contributed by atoms with van der Waals surface area (Å²) < 4.78 is 7.64. The molecule has 1 amide bonds. The van der Waals surface area contributed by atoms with Gasteiger partial charge in [0.15, 0.2) is 0 Å². The topological polar surface area (TPSA) is 96.1 Å². The fraction of sp³-hybridized carbons (Fsp3) is 0.273. The molecule has 1 aliphatic rings. The Balaban J connectivity index is 1.37. The van der Waals surface area contributed by atoms with Crippen LogP contribution < -0.4 is 15.0 Å². The van der Waals surface area contributed by atoms with Crippen molar-refractivity contribution in [3.05, 3.63) is 58.9 Å². The Morgan fingerprint density at radius 1 is 1.25 bits per heavy atom. The van der Waals surface area contributed by atoms with Gasteiger partial charge in [-0.3, -0.25) is 10.1 Å². The van der Waals surface area contributed by atoms with Gasteiger partial charge in [0.2, 0.25) is 10.3 Å². The van der Waals surface area contributed by atoms with Crippen molar-refractivity contribution in [1.29, 1.82) is 5.26 Å². The van der Waals surface area contributed by atoms with Gasteiger partial charge < -0.3 is 14.2 Å². The number of nitriles is 1. The van der Waals surface area contributed by atoms with Gasteiger partial charge in [-0.05, 0) is 55.3 Å². The Morgan fingerprint density at radius 2 is 2.03 bits per heavy atom. The van der Waals surface area contributed by atoms with E-state index in [1.807, 2.05) is 29.0 Å². The standard InChI is InChI=1S/C22H21ClN6O2S/c23-17-5-7-19(8-6-17)31-13-12-28-11-3-4-18(28)14-16(15-24)20(30)25-21-26-27-22(32-21)29-9-1-2-10-29/h3-8,11,14H,1-2,9-10,12-13H2,(H,25,26,30)/b16-14-. The van der Waals surface area contributed by atoms with Crippen molar-refractivity contribution in [2.45, 2.75) is 19.4 Å². The zero-order valence-electron chi connectivity index (χ0n) is 17.2. The largest absolute Gasteiger partial charge is 0.492 e. The number of hydrogen-bond donors (Lipinski definition) is 1. The van der Waals surface area contributed by atoms with Gasteiger partial charge in [0.05, 0.1) is 6.54 Å². The lowest BCUT2D eigenvalue weighted by Gasteiger charge is -2.10. The molecule has 8 nitrogen and oxygen atoms in total. The maximum Gasteiger partial charge on any atom is 0.268 e. The molecule has 1 fully saturated rings. The summed E-state index contributed by atoms with van der Waals surface area (Å²) in [7, 11) is 0. The molecule has 3 heterocycles. The number of benzene rings is 1. The van der Waals surface area contributed by atoms with Gasteiger partial charge in [0.1, 0.15) is 24.0 Å². The van der Waals surface area contributed by atoms with E-state index in [2.05, 4.69) is 20.4 Å². The number of carbonyl (C=O) groups is 1. The lowest BCUT2D eigenvalue weighted by molar-refractivity contribution is -0.112. The Bertz CT molecular complexity index is 1140. The van der Waals surface area contributed by atoms with Crippen LogP contribution in [0.3, 0.4) is 0 Å². The van der Waals surface area contributed by atoms with Crippen LogP contribution in [0.5, 0.6) is 5.75 Å². The molecule has 1 saturated heterocycles. The normalized spacial score (nSPS) is 13.8.